The molecule has 210 valence electrons. The molecule has 1 saturated heterocycles. The van der Waals surface area contributed by atoms with Crippen LogP contribution in [0, 0.1) is 5.82 Å². The van der Waals surface area contributed by atoms with Crippen LogP contribution in [0.2, 0.25) is 10.0 Å². The first kappa shape index (κ1) is 26.6. The molecule has 1 aromatic heterocycles. The molecule has 0 saturated carbocycles. The molecule has 0 radical (unpaired) electrons. The molecule has 2 N–H and O–H groups in total. The number of aliphatic hydroxyl groups is 1. The molecule has 3 aliphatic rings. The van der Waals surface area contributed by atoms with E-state index in [4.69, 9.17) is 33.4 Å². The summed E-state index contributed by atoms with van der Waals surface area (Å²) >= 11 is 12.6. The molecule has 3 aliphatic heterocycles. The zero-order chi connectivity index (χ0) is 28.6. The van der Waals surface area contributed by atoms with Crippen molar-refractivity contribution >= 4 is 51.5 Å². The van der Waals surface area contributed by atoms with E-state index in [-0.39, 0.29) is 41.8 Å². The summed E-state index contributed by atoms with van der Waals surface area (Å²) in [5.74, 6) is -1.49. The predicted molar refractivity (Wildman–Crippen MR) is 155 cm³/mol. The van der Waals surface area contributed by atoms with Gasteiger partial charge in [-0.15, -0.1) is 0 Å². The van der Waals surface area contributed by atoms with E-state index in [1.54, 1.807) is 36.4 Å². The number of hydrogen-bond donors (Lipinski definition) is 2. The molecular formula is C31H27Cl2FN4O3. The largest absolute Gasteiger partial charge is 0.396 e. The molecule has 41 heavy (non-hydrogen) atoms. The summed E-state index contributed by atoms with van der Waals surface area (Å²) < 4.78 is 17.9. The summed E-state index contributed by atoms with van der Waals surface area (Å²) in [5.41, 5.74) is 2.71. The maximum absolute atomic E-state index is 16.0. The van der Waals surface area contributed by atoms with Gasteiger partial charge in [-0.1, -0.05) is 60.5 Å². The summed E-state index contributed by atoms with van der Waals surface area (Å²) in [6.45, 7) is 2.51. The number of anilines is 1. The number of carbonyl (C=O) groups is 2. The Kier molecular flexibility index (Phi) is 6.24. The number of fused-ring (bicyclic) bond motifs is 7. The van der Waals surface area contributed by atoms with E-state index in [9.17, 15) is 9.59 Å². The summed E-state index contributed by atoms with van der Waals surface area (Å²) in [7, 11) is 0. The maximum atomic E-state index is 16.0. The summed E-state index contributed by atoms with van der Waals surface area (Å²) in [6, 6.07) is 15.3. The third kappa shape index (κ3) is 3.61. The van der Waals surface area contributed by atoms with Gasteiger partial charge in [-0.2, -0.15) is 5.10 Å². The number of hydrogen-bond acceptors (Lipinski definition) is 5. The predicted octanol–water partition coefficient (Wildman–Crippen LogP) is 5.87. The maximum Gasteiger partial charge on any atom is 0.250 e. The van der Waals surface area contributed by atoms with Crippen molar-refractivity contribution in [2.24, 2.45) is 0 Å². The fourth-order valence-electron chi connectivity index (χ4n) is 7.53. The summed E-state index contributed by atoms with van der Waals surface area (Å²) in [5, 5.41) is 18.6. The van der Waals surface area contributed by atoms with Crippen LogP contribution >= 0.6 is 23.2 Å². The number of rotatable bonds is 6. The number of amides is 1. The van der Waals surface area contributed by atoms with Gasteiger partial charge in [0.15, 0.2) is 5.78 Å². The molecule has 1 amide bonds. The molecule has 1 spiro atoms. The van der Waals surface area contributed by atoms with E-state index in [2.05, 4.69) is 10.2 Å². The second-order valence-electron chi connectivity index (χ2n) is 11.0. The lowest BCUT2D eigenvalue weighted by Gasteiger charge is -2.39. The van der Waals surface area contributed by atoms with E-state index in [0.717, 1.165) is 16.6 Å². The number of nitrogens with one attached hydrogen (secondary N) is 1. The molecular weight excluding hydrogens is 566 g/mol. The third-order valence-electron chi connectivity index (χ3n) is 9.05. The molecule has 7 nitrogen and oxygen atoms in total. The van der Waals surface area contributed by atoms with Gasteiger partial charge in [-0.05, 0) is 42.8 Å². The van der Waals surface area contributed by atoms with Crippen LogP contribution in [0.1, 0.15) is 58.9 Å². The Morgan fingerprint density at radius 1 is 1.20 bits per heavy atom. The van der Waals surface area contributed by atoms with Crippen LogP contribution in [-0.4, -0.2) is 50.7 Å². The number of ketones is 1. The van der Waals surface area contributed by atoms with E-state index in [0.29, 0.717) is 46.7 Å². The van der Waals surface area contributed by atoms with Crippen molar-refractivity contribution in [3.05, 3.63) is 92.8 Å². The van der Waals surface area contributed by atoms with Crippen LogP contribution in [0.15, 0.2) is 54.6 Å². The number of likely N-dealkylation sites (tertiary alicyclic amines) is 1. The Bertz CT molecular complexity index is 1760. The second kappa shape index (κ2) is 9.63. The minimum absolute atomic E-state index is 0.00577. The SMILES string of the molecule is CCN1[C@H]2Cc3c4ccc(C(=O)CCCO)cc4nn3[C@H]2[C@H](c2cccc(Cl)c2F)[C@]12C(=O)Nc1cc(Cl)ccc12. The number of benzene rings is 3. The van der Waals surface area contributed by atoms with Crippen molar-refractivity contribution in [3.8, 4) is 0 Å². The lowest BCUT2D eigenvalue weighted by molar-refractivity contribution is -0.127. The monoisotopic (exact) mass is 592 g/mol. The fourth-order valence-corrected chi connectivity index (χ4v) is 7.89. The highest BCUT2D eigenvalue weighted by molar-refractivity contribution is 6.31. The first-order chi connectivity index (χ1) is 19.8. The number of aliphatic hydroxyl groups excluding tert-OH is 1. The topological polar surface area (TPSA) is 87.5 Å². The van der Waals surface area contributed by atoms with Gasteiger partial charge in [0.1, 0.15) is 11.4 Å². The first-order valence-corrected chi connectivity index (χ1v) is 14.5. The Hall–Kier alpha value is -3.30. The third-order valence-corrected chi connectivity index (χ3v) is 9.58. The van der Waals surface area contributed by atoms with Gasteiger partial charge in [-0.25, -0.2) is 4.39 Å². The molecule has 3 aromatic carbocycles. The van der Waals surface area contributed by atoms with Gasteiger partial charge >= 0.3 is 0 Å². The molecule has 4 heterocycles. The first-order valence-electron chi connectivity index (χ1n) is 13.8. The van der Waals surface area contributed by atoms with Crippen LogP contribution in [-0.2, 0) is 16.8 Å². The van der Waals surface area contributed by atoms with Crippen molar-refractivity contribution in [1.29, 1.82) is 0 Å². The molecule has 4 aromatic rings. The Labute approximate surface area is 245 Å². The average Bonchev–Trinajstić information content (AvgIpc) is 3.65. The van der Waals surface area contributed by atoms with E-state index in [1.807, 2.05) is 23.7 Å². The molecule has 10 heteroatoms. The molecule has 0 bridgehead atoms. The highest BCUT2D eigenvalue weighted by Crippen LogP contribution is 2.63. The van der Waals surface area contributed by atoms with E-state index >= 15 is 4.39 Å². The quantitative estimate of drug-likeness (QED) is 0.273. The lowest BCUT2D eigenvalue weighted by Crippen LogP contribution is -2.52. The van der Waals surface area contributed by atoms with Gasteiger partial charge < -0.3 is 10.4 Å². The number of likely N-dealkylation sites (N-methyl/N-ethyl adjacent to an activating group) is 1. The zero-order valence-corrected chi connectivity index (χ0v) is 23.7. The summed E-state index contributed by atoms with van der Waals surface area (Å²) in [4.78, 5) is 29.1. The van der Waals surface area contributed by atoms with Crippen molar-refractivity contribution in [2.75, 3.05) is 18.5 Å². The number of aromatic nitrogens is 2. The lowest BCUT2D eigenvalue weighted by atomic mass is 9.73. The number of carbonyl (C=O) groups excluding carboxylic acids is 2. The van der Waals surface area contributed by atoms with Crippen LogP contribution in [0.3, 0.4) is 0 Å². The molecule has 4 atom stereocenters. The van der Waals surface area contributed by atoms with Crippen molar-refractivity contribution in [2.45, 2.75) is 49.7 Å². The Morgan fingerprint density at radius 3 is 2.80 bits per heavy atom. The smallest absolute Gasteiger partial charge is 0.250 e. The Balaban J connectivity index is 1.45. The van der Waals surface area contributed by atoms with Gasteiger partial charge in [0.2, 0.25) is 5.91 Å². The minimum atomic E-state index is -1.21. The standard InChI is InChI=1S/C31H27Cl2FN4O3/c1-2-37-25-15-24-18-10-8-16(26(40)7-4-12-39)13-22(18)36-38(24)29(25)27(19-5-3-6-21(33)28(19)34)31(37)20-11-9-17(32)14-23(20)35-30(31)41/h3,5-6,8-11,13-14,25,27,29,39H,2,4,7,12,15H2,1H3,(H,35,41)/t25-,27-,29+,31+/m0/s1. The normalized spacial score (nSPS) is 24.6. The highest BCUT2D eigenvalue weighted by atomic mass is 35.5. The number of halogens is 3. The fraction of sp³-hybridized carbons (Fsp3) is 0.323. The zero-order valence-electron chi connectivity index (χ0n) is 22.2. The van der Waals surface area contributed by atoms with Crippen molar-refractivity contribution in [3.63, 3.8) is 0 Å². The molecule has 0 aliphatic carbocycles. The second-order valence-corrected chi connectivity index (χ2v) is 11.8. The molecule has 0 unspecified atom stereocenters. The van der Waals surface area contributed by atoms with E-state index < -0.39 is 17.3 Å². The van der Waals surface area contributed by atoms with Crippen molar-refractivity contribution < 1.29 is 19.1 Å². The van der Waals surface area contributed by atoms with Crippen LogP contribution < -0.4 is 5.32 Å². The minimum Gasteiger partial charge on any atom is -0.396 e. The van der Waals surface area contributed by atoms with Gasteiger partial charge in [0.25, 0.3) is 0 Å². The van der Waals surface area contributed by atoms with Gasteiger partial charge in [0, 0.05) is 64.3 Å². The van der Waals surface area contributed by atoms with Gasteiger partial charge in [0.05, 0.1) is 16.6 Å². The Morgan fingerprint density at radius 2 is 2.02 bits per heavy atom. The van der Waals surface area contributed by atoms with Crippen molar-refractivity contribution in [1.82, 2.24) is 14.7 Å². The highest BCUT2D eigenvalue weighted by Gasteiger charge is 2.69. The molecule has 1 fully saturated rings. The average molecular weight is 593 g/mol. The molecule has 7 rings (SSSR count). The van der Waals surface area contributed by atoms with Gasteiger partial charge in [-0.3, -0.25) is 19.2 Å². The van der Waals surface area contributed by atoms with Crippen LogP contribution in [0.5, 0.6) is 0 Å². The van der Waals surface area contributed by atoms with Crippen LogP contribution in [0.25, 0.3) is 10.9 Å². The summed E-state index contributed by atoms with van der Waals surface area (Å²) in [6.07, 6.45) is 1.25. The van der Waals surface area contributed by atoms with E-state index in [1.165, 1.54) is 6.07 Å². The number of nitrogens with zero attached hydrogens (tertiary/aromatic N) is 3. The number of Topliss-reactive ketones (excluding diaryl/α,β-unsaturated/α-hetero) is 1. The van der Waals surface area contributed by atoms with Crippen LogP contribution in [0.4, 0.5) is 10.1 Å².